The van der Waals surface area contributed by atoms with Crippen molar-refractivity contribution in [1.29, 1.82) is 0 Å². The standard InChI is InChI=1S/C65H85FN12O15/c1-36(2)29-45(71-56(83)44(17-11-27-67)70-63(90)55(69)37(3)4)57(84)76-50(32-41-21-25-43(79)26-22-41)64(91)78-28-12-18-52(78)62(89)75-47(31-39-15-9-6-10-16-39)59(86)72-46(30-38-13-7-5-8-14-38)58(85)73-48(34-53(68)80)60(87)74-49(35-54(81)82)61(88)77-51(65(92)93)33-40-19-23-42(66)24-20-40/h5-10,13-16,19-26,36-37,44-52,55,79H,11-12,17-18,27-35,67,69H2,1-4H3,(H2,68,80)(H,70,90)(H,71,83)(H,72,86)(H,73,85)(H,74,87)(H,75,89)(H,76,84)(H,77,88)(H,81,82)(H,92,93)/t44-,45-,46-,47-,48-,49-,50-,51-,52-,55-/m0/s1. The summed E-state index contributed by atoms with van der Waals surface area (Å²) in [6.07, 6.45) is -2.10. The number of likely N-dealkylation sites (tertiary alicyclic amines) is 1. The number of carbonyl (C=O) groups excluding carboxylic acids is 10. The van der Waals surface area contributed by atoms with Crippen LogP contribution in [0, 0.1) is 17.7 Å². The molecule has 10 amide bonds. The monoisotopic (exact) mass is 1290 g/mol. The van der Waals surface area contributed by atoms with Crippen LogP contribution >= 0.6 is 0 Å². The second-order valence-electron chi connectivity index (χ2n) is 23.7. The summed E-state index contributed by atoms with van der Waals surface area (Å²) in [6, 6.07) is 12.5. The summed E-state index contributed by atoms with van der Waals surface area (Å²) in [5.74, 6) is -13.6. The molecule has 1 saturated heterocycles. The summed E-state index contributed by atoms with van der Waals surface area (Å²) in [4.78, 5) is 166. The van der Waals surface area contributed by atoms with E-state index >= 15 is 4.79 Å². The number of primary amides is 1. The first kappa shape index (κ1) is 73.9. The molecule has 17 N–H and O–H groups in total. The lowest BCUT2D eigenvalue weighted by Gasteiger charge is -2.31. The Hall–Kier alpha value is -9.83. The first-order valence-corrected chi connectivity index (χ1v) is 30.6. The molecule has 28 heteroatoms. The van der Waals surface area contributed by atoms with Gasteiger partial charge in [0.2, 0.25) is 59.1 Å². The van der Waals surface area contributed by atoms with Crippen LogP contribution < -0.4 is 59.7 Å². The minimum Gasteiger partial charge on any atom is -0.508 e. The van der Waals surface area contributed by atoms with Crippen LogP contribution in [0.25, 0.3) is 0 Å². The van der Waals surface area contributed by atoms with Crippen molar-refractivity contribution in [1.82, 2.24) is 47.4 Å². The number of nitrogens with two attached hydrogens (primary N) is 3. The number of carboxylic acid groups (broad SMARTS) is 2. The van der Waals surface area contributed by atoms with Gasteiger partial charge in [-0.2, -0.15) is 0 Å². The van der Waals surface area contributed by atoms with Crippen LogP contribution in [0.15, 0.2) is 109 Å². The number of phenolic OH excluding ortho intramolecular Hbond substituents is 1. The Kier molecular flexibility index (Phi) is 28.8. The number of amides is 10. The number of nitrogens with one attached hydrogen (secondary N) is 8. The van der Waals surface area contributed by atoms with Gasteiger partial charge < -0.3 is 80.0 Å². The maximum absolute atomic E-state index is 15.0. The molecule has 0 aliphatic carbocycles. The maximum atomic E-state index is 15.0. The fraction of sp³-hybridized carbons (Fsp3) is 0.446. The number of carboxylic acids is 2. The Morgan fingerprint density at radius 3 is 1.45 bits per heavy atom. The second-order valence-corrected chi connectivity index (χ2v) is 23.7. The molecule has 10 atom stereocenters. The van der Waals surface area contributed by atoms with Crippen molar-refractivity contribution in [2.24, 2.45) is 29.0 Å². The molecule has 27 nitrogen and oxygen atoms in total. The number of aliphatic carboxylic acids is 2. The van der Waals surface area contributed by atoms with Crippen molar-refractivity contribution in [3.05, 3.63) is 137 Å². The number of halogens is 1. The zero-order valence-corrected chi connectivity index (χ0v) is 52.3. The highest BCUT2D eigenvalue weighted by atomic mass is 19.1. The Balaban J connectivity index is 1.42. The van der Waals surface area contributed by atoms with Gasteiger partial charge >= 0.3 is 11.9 Å². The molecule has 1 aliphatic heterocycles. The fourth-order valence-corrected chi connectivity index (χ4v) is 10.3. The number of hydrogen-bond donors (Lipinski definition) is 14. The predicted molar refractivity (Wildman–Crippen MR) is 337 cm³/mol. The largest absolute Gasteiger partial charge is 0.508 e. The van der Waals surface area contributed by atoms with Crippen molar-refractivity contribution in [3.63, 3.8) is 0 Å². The van der Waals surface area contributed by atoms with Crippen molar-refractivity contribution in [3.8, 4) is 5.75 Å². The molecule has 0 saturated carbocycles. The third-order valence-corrected chi connectivity index (χ3v) is 15.4. The van der Waals surface area contributed by atoms with Gasteiger partial charge in [-0.25, -0.2) is 9.18 Å². The fourth-order valence-electron chi connectivity index (χ4n) is 10.3. The number of nitrogens with zero attached hydrogens (tertiary/aromatic N) is 1. The third-order valence-electron chi connectivity index (χ3n) is 15.4. The number of rotatable bonds is 36. The van der Waals surface area contributed by atoms with Gasteiger partial charge in [0.25, 0.3) is 0 Å². The summed E-state index contributed by atoms with van der Waals surface area (Å²) >= 11 is 0. The van der Waals surface area contributed by atoms with Gasteiger partial charge in [-0.1, -0.05) is 113 Å². The molecular weight excluding hydrogens is 1210 g/mol. The molecule has 1 aliphatic rings. The smallest absolute Gasteiger partial charge is 0.326 e. The zero-order chi connectivity index (χ0) is 68.5. The van der Waals surface area contributed by atoms with Gasteiger partial charge in [-0.3, -0.25) is 52.7 Å². The molecule has 0 bridgehead atoms. The number of phenols is 1. The maximum Gasteiger partial charge on any atom is 0.326 e. The molecule has 93 heavy (non-hydrogen) atoms. The molecule has 0 unspecified atom stereocenters. The Bertz CT molecular complexity index is 3230. The van der Waals surface area contributed by atoms with Gasteiger partial charge in [-0.15, -0.1) is 0 Å². The molecular formula is C65H85FN12O15. The van der Waals surface area contributed by atoms with Crippen molar-refractivity contribution in [2.75, 3.05) is 13.1 Å². The SMILES string of the molecule is CC(C)C[C@H](NC(=O)[C@H](CCCN)NC(=O)[C@@H](N)C(C)C)C(=O)N[C@@H](Cc1ccc(O)cc1)C(=O)N1CCC[C@H]1C(=O)N[C@@H](Cc1ccccc1)C(=O)N[C@@H](Cc1ccccc1)C(=O)N[C@@H](CC(N)=O)C(=O)N[C@@H](CC(=O)O)C(=O)N[C@@H](Cc1ccc(F)cc1)C(=O)O. The molecule has 0 radical (unpaired) electrons. The van der Waals surface area contributed by atoms with E-state index < -0.39 is 150 Å². The lowest BCUT2D eigenvalue weighted by molar-refractivity contribution is -0.144. The van der Waals surface area contributed by atoms with E-state index in [1.807, 2.05) is 13.8 Å². The Morgan fingerprint density at radius 2 is 0.946 bits per heavy atom. The normalized spacial score (nSPS) is 15.7. The Morgan fingerprint density at radius 1 is 0.527 bits per heavy atom. The van der Waals surface area contributed by atoms with E-state index in [4.69, 9.17) is 17.2 Å². The Labute approximate surface area is 537 Å². The van der Waals surface area contributed by atoms with Gasteiger partial charge in [0.15, 0.2) is 0 Å². The third kappa shape index (κ3) is 24.1. The number of hydrogen-bond acceptors (Lipinski definition) is 15. The van der Waals surface area contributed by atoms with Gasteiger partial charge in [-0.05, 0) is 97.0 Å². The van der Waals surface area contributed by atoms with Crippen LogP contribution in [-0.2, 0) is 83.2 Å². The second kappa shape index (κ2) is 36.3. The van der Waals surface area contributed by atoms with Gasteiger partial charge in [0.05, 0.1) is 18.9 Å². The van der Waals surface area contributed by atoms with Crippen molar-refractivity contribution in [2.45, 2.75) is 159 Å². The zero-order valence-electron chi connectivity index (χ0n) is 52.3. The van der Waals surface area contributed by atoms with Gasteiger partial charge in [0, 0.05) is 32.2 Å². The van der Waals surface area contributed by atoms with Crippen LogP contribution in [0.5, 0.6) is 5.75 Å². The highest BCUT2D eigenvalue weighted by Crippen LogP contribution is 2.22. The van der Waals surface area contributed by atoms with Crippen molar-refractivity contribution < 1.29 is 77.2 Å². The topological polar surface area (TPSA) is 443 Å². The predicted octanol–water partition coefficient (Wildman–Crippen LogP) is -0.126. The summed E-state index contributed by atoms with van der Waals surface area (Å²) in [5, 5.41) is 50.2. The number of aromatic hydroxyl groups is 1. The van der Waals surface area contributed by atoms with Crippen LogP contribution in [-0.4, -0.2) is 165 Å². The number of benzene rings is 4. The van der Waals surface area contributed by atoms with Crippen LogP contribution in [0.1, 0.15) is 94.9 Å². The van der Waals surface area contributed by atoms with E-state index in [1.165, 1.54) is 29.2 Å². The lowest BCUT2D eigenvalue weighted by Crippen LogP contribution is -2.61. The van der Waals surface area contributed by atoms with E-state index in [0.717, 1.165) is 12.1 Å². The molecule has 0 aromatic heterocycles. The first-order valence-electron chi connectivity index (χ1n) is 30.6. The molecule has 5 rings (SSSR count). The summed E-state index contributed by atoms with van der Waals surface area (Å²) in [7, 11) is 0. The highest BCUT2D eigenvalue weighted by Gasteiger charge is 2.41. The molecule has 0 spiro atoms. The van der Waals surface area contributed by atoms with Gasteiger partial charge in [0.1, 0.15) is 65.9 Å². The molecule has 1 heterocycles. The molecule has 4 aromatic carbocycles. The molecule has 502 valence electrons. The lowest BCUT2D eigenvalue weighted by atomic mass is 9.99. The van der Waals surface area contributed by atoms with E-state index in [9.17, 15) is 72.4 Å². The summed E-state index contributed by atoms with van der Waals surface area (Å²) < 4.78 is 13.6. The molecule has 1 fully saturated rings. The minimum absolute atomic E-state index is 0.0169. The van der Waals surface area contributed by atoms with Crippen LogP contribution in [0.4, 0.5) is 4.39 Å². The molecule has 4 aromatic rings. The van der Waals surface area contributed by atoms with E-state index in [2.05, 4.69) is 42.5 Å². The van der Waals surface area contributed by atoms with Crippen LogP contribution in [0.2, 0.25) is 0 Å². The minimum atomic E-state index is -2.00. The van der Waals surface area contributed by atoms with Crippen molar-refractivity contribution >= 4 is 71.0 Å². The van der Waals surface area contributed by atoms with E-state index in [1.54, 1.807) is 86.6 Å². The first-order chi connectivity index (χ1) is 44.1. The number of carbonyl (C=O) groups is 12. The van der Waals surface area contributed by atoms with Crippen LogP contribution in [0.3, 0.4) is 0 Å². The summed E-state index contributed by atoms with van der Waals surface area (Å²) in [5.41, 5.74) is 19.2. The van der Waals surface area contributed by atoms with E-state index in [0.29, 0.717) is 29.5 Å². The average Bonchev–Trinajstić information content (AvgIpc) is 1.86. The average molecular weight is 1290 g/mol. The quantitative estimate of drug-likeness (QED) is 0.0282. The summed E-state index contributed by atoms with van der Waals surface area (Å²) in [6.45, 7) is 7.34. The highest BCUT2D eigenvalue weighted by molar-refractivity contribution is 6.00. The van der Waals surface area contributed by atoms with E-state index in [-0.39, 0.29) is 81.2 Å².